The molecule has 0 spiro atoms. The highest BCUT2D eigenvalue weighted by molar-refractivity contribution is 5.97. The summed E-state index contributed by atoms with van der Waals surface area (Å²) in [4.78, 5) is 24.4. The smallest absolute Gasteiger partial charge is 0.226 e. The first-order chi connectivity index (χ1) is 13.0. The molecule has 2 aromatic carbocycles. The summed E-state index contributed by atoms with van der Waals surface area (Å²) < 4.78 is 2.06. The van der Waals surface area contributed by atoms with Crippen molar-refractivity contribution in [1.29, 1.82) is 0 Å². The molecule has 1 heterocycles. The van der Waals surface area contributed by atoms with Crippen LogP contribution in [0.1, 0.15) is 35.0 Å². The van der Waals surface area contributed by atoms with Crippen LogP contribution in [0.3, 0.4) is 0 Å². The fraction of sp³-hybridized carbons (Fsp3) is 0.217. The molecule has 1 N–H and O–H groups in total. The van der Waals surface area contributed by atoms with Crippen LogP contribution in [0.25, 0.3) is 11.3 Å². The lowest BCUT2D eigenvalue weighted by Gasteiger charge is -2.12. The van der Waals surface area contributed by atoms with Gasteiger partial charge >= 0.3 is 0 Å². The van der Waals surface area contributed by atoms with E-state index in [4.69, 9.17) is 0 Å². The lowest BCUT2D eigenvalue weighted by Crippen LogP contribution is -2.15. The van der Waals surface area contributed by atoms with Crippen molar-refractivity contribution < 1.29 is 9.59 Å². The largest absolute Gasteiger partial charge is 0.344 e. The van der Waals surface area contributed by atoms with Crippen molar-refractivity contribution in [2.24, 2.45) is 0 Å². The van der Waals surface area contributed by atoms with Crippen LogP contribution in [-0.2, 0) is 11.3 Å². The third kappa shape index (κ3) is 4.34. The Labute approximate surface area is 159 Å². The Morgan fingerprint density at radius 2 is 1.70 bits per heavy atom. The first-order valence-corrected chi connectivity index (χ1v) is 9.08. The molecule has 0 aliphatic rings. The lowest BCUT2D eigenvalue weighted by molar-refractivity contribution is -0.116. The van der Waals surface area contributed by atoms with Crippen LogP contribution in [0.4, 0.5) is 5.69 Å². The highest BCUT2D eigenvalue weighted by atomic mass is 16.1. The van der Waals surface area contributed by atoms with E-state index < -0.39 is 0 Å². The van der Waals surface area contributed by atoms with Crippen LogP contribution in [0.5, 0.6) is 0 Å². The Kier molecular flexibility index (Phi) is 5.55. The van der Waals surface area contributed by atoms with E-state index in [9.17, 15) is 9.59 Å². The summed E-state index contributed by atoms with van der Waals surface area (Å²) in [6.07, 6.45) is 0.334. The van der Waals surface area contributed by atoms with Crippen molar-refractivity contribution in [2.45, 2.75) is 33.7 Å². The normalized spacial score (nSPS) is 10.6. The highest BCUT2D eigenvalue weighted by Gasteiger charge is 2.16. The summed E-state index contributed by atoms with van der Waals surface area (Å²) in [5.74, 6) is -0.00951. The SMILES string of the molecule is CC(=O)c1cc(-c2ccccc2)n(CCC(=O)Nc2cccc(C)c2)c1C. The topological polar surface area (TPSA) is 51.1 Å². The number of aryl methyl sites for hydroxylation is 1. The van der Waals surface area contributed by atoms with Crippen LogP contribution < -0.4 is 5.32 Å². The zero-order valence-electron chi connectivity index (χ0n) is 16.0. The van der Waals surface area contributed by atoms with Crippen LogP contribution in [0.15, 0.2) is 60.7 Å². The summed E-state index contributed by atoms with van der Waals surface area (Å²) >= 11 is 0. The molecule has 0 atom stereocenters. The molecular weight excluding hydrogens is 336 g/mol. The summed E-state index contributed by atoms with van der Waals surface area (Å²) in [5, 5.41) is 2.94. The van der Waals surface area contributed by atoms with Gasteiger partial charge in [-0.3, -0.25) is 9.59 Å². The standard InChI is InChI=1S/C23H24N2O2/c1-16-8-7-11-20(14-16)24-23(27)12-13-25-17(2)21(18(3)26)15-22(25)19-9-5-4-6-10-19/h4-11,14-15H,12-13H2,1-3H3,(H,24,27). The molecule has 0 saturated heterocycles. The number of carbonyl (C=O) groups excluding carboxylic acids is 2. The Morgan fingerprint density at radius 1 is 0.963 bits per heavy atom. The van der Waals surface area contributed by atoms with E-state index in [1.54, 1.807) is 6.92 Å². The average molecular weight is 360 g/mol. The van der Waals surface area contributed by atoms with Crippen LogP contribution >= 0.6 is 0 Å². The van der Waals surface area contributed by atoms with Crippen LogP contribution in [0.2, 0.25) is 0 Å². The third-order valence-corrected chi connectivity index (χ3v) is 4.68. The second-order valence-electron chi connectivity index (χ2n) is 6.77. The lowest BCUT2D eigenvalue weighted by atomic mass is 10.1. The predicted molar refractivity (Wildman–Crippen MR) is 109 cm³/mol. The van der Waals surface area contributed by atoms with Crippen molar-refractivity contribution in [2.75, 3.05) is 5.32 Å². The van der Waals surface area contributed by atoms with Gasteiger partial charge in [0.15, 0.2) is 5.78 Å². The second kappa shape index (κ2) is 8.04. The van der Waals surface area contributed by atoms with E-state index >= 15 is 0 Å². The molecule has 0 unspecified atom stereocenters. The minimum atomic E-state index is -0.0444. The maximum absolute atomic E-state index is 12.4. The first-order valence-electron chi connectivity index (χ1n) is 9.08. The monoisotopic (exact) mass is 360 g/mol. The van der Waals surface area contributed by atoms with E-state index in [2.05, 4.69) is 9.88 Å². The number of Topliss-reactive ketones (excluding diaryl/α,β-unsaturated/α-hetero) is 1. The van der Waals surface area contributed by atoms with Crippen LogP contribution in [0, 0.1) is 13.8 Å². The number of nitrogens with zero attached hydrogens (tertiary/aromatic N) is 1. The first kappa shape index (κ1) is 18.6. The number of hydrogen-bond acceptors (Lipinski definition) is 2. The number of carbonyl (C=O) groups is 2. The summed E-state index contributed by atoms with van der Waals surface area (Å²) in [6.45, 7) is 6.02. The maximum Gasteiger partial charge on any atom is 0.226 e. The summed E-state index contributed by atoms with van der Waals surface area (Å²) in [7, 11) is 0. The van der Waals surface area contributed by atoms with E-state index in [0.29, 0.717) is 18.5 Å². The maximum atomic E-state index is 12.4. The summed E-state index contributed by atoms with van der Waals surface area (Å²) in [6, 6.07) is 19.6. The molecule has 0 saturated carbocycles. The van der Waals surface area contributed by atoms with Gasteiger partial charge in [-0.2, -0.15) is 0 Å². The Bertz CT molecular complexity index is 971. The third-order valence-electron chi connectivity index (χ3n) is 4.68. The number of amides is 1. The molecular formula is C23H24N2O2. The van der Waals surface area contributed by atoms with Gasteiger partial charge in [-0.15, -0.1) is 0 Å². The Balaban J connectivity index is 1.81. The van der Waals surface area contributed by atoms with Crippen molar-refractivity contribution in [3.05, 3.63) is 77.5 Å². The van der Waals surface area contributed by atoms with E-state index in [1.807, 2.05) is 74.5 Å². The fourth-order valence-corrected chi connectivity index (χ4v) is 3.30. The molecule has 27 heavy (non-hydrogen) atoms. The van der Waals surface area contributed by atoms with Crippen LogP contribution in [-0.4, -0.2) is 16.3 Å². The Morgan fingerprint density at radius 3 is 2.37 bits per heavy atom. The van der Waals surface area contributed by atoms with Gasteiger partial charge < -0.3 is 9.88 Å². The van der Waals surface area contributed by atoms with Gasteiger partial charge in [0, 0.05) is 35.6 Å². The van der Waals surface area contributed by atoms with Crippen molar-refractivity contribution in [3.63, 3.8) is 0 Å². The average Bonchev–Trinajstić information content (AvgIpc) is 2.97. The predicted octanol–water partition coefficient (Wildman–Crippen LogP) is 5.00. The summed E-state index contributed by atoms with van der Waals surface area (Å²) in [5.41, 5.74) is 5.50. The molecule has 0 fully saturated rings. The van der Waals surface area contributed by atoms with Crippen molar-refractivity contribution in [3.8, 4) is 11.3 Å². The molecule has 1 amide bonds. The van der Waals surface area contributed by atoms with Crippen molar-refractivity contribution in [1.82, 2.24) is 4.57 Å². The number of ketones is 1. The molecule has 138 valence electrons. The molecule has 0 aliphatic heterocycles. The number of aromatic nitrogens is 1. The molecule has 1 aromatic heterocycles. The molecule has 0 radical (unpaired) electrons. The molecule has 4 nitrogen and oxygen atoms in total. The molecule has 0 bridgehead atoms. The van der Waals surface area contributed by atoms with Gasteiger partial charge in [-0.05, 0) is 50.1 Å². The molecule has 3 rings (SSSR count). The van der Waals surface area contributed by atoms with E-state index in [1.165, 1.54) is 0 Å². The molecule has 3 aromatic rings. The minimum absolute atomic E-state index is 0.0349. The van der Waals surface area contributed by atoms with Gasteiger partial charge in [0.2, 0.25) is 5.91 Å². The minimum Gasteiger partial charge on any atom is -0.344 e. The molecule has 4 heteroatoms. The quantitative estimate of drug-likeness (QED) is 0.629. The second-order valence-corrected chi connectivity index (χ2v) is 6.77. The highest BCUT2D eigenvalue weighted by Crippen LogP contribution is 2.26. The zero-order chi connectivity index (χ0) is 19.4. The number of anilines is 1. The number of benzene rings is 2. The number of hydrogen-bond donors (Lipinski definition) is 1. The van der Waals surface area contributed by atoms with Gasteiger partial charge in [-0.1, -0.05) is 42.5 Å². The van der Waals surface area contributed by atoms with Gasteiger partial charge in [0.1, 0.15) is 0 Å². The Hall–Kier alpha value is -3.14. The van der Waals surface area contributed by atoms with Crippen molar-refractivity contribution >= 4 is 17.4 Å². The van der Waals surface area contributed by atoms with E-state index in [0.717, 1.165) is 28.2 Å². The fourth-order valence-electron chi connectivity index (χ4n) is 3.30. The van der Waals surface area contributed by atoms with Gasteiger partial charge in [0.25, 0.3) is 0 Å². The molecule has 0 aliphatic carbocycles. The number of nitrogens with one attached hydrogen (secondary N) is 1. The number of rotatable bonds is 6. The van der Waals surface area contributed by atoms with Gasteiger partial charge in [0.05, 0.1) is 0 Å². The van der Waals surface area contributed by atoms with Gasteiger partial charge in [-0.25, -0.2) is 0 Å². The van der Waals surface area contributed by atoms with E-state index in [-0.39, 0.29) is 11.7 Å². The zero-order valence-corrected chi connectivity index (χ0v) is 16.0.